The minimum Gasteiger partial charge on any atom is -0.311 e. The summed E-state index contributed by atoms with van der Waals surface area (Å²) in [5.74, 6) is 0. The van der Waals surface area contributed by atoms with Gasteiger partial charge >= 0.3 is 0 Å². The van der Waals surface area contributed by atoms with E-state index in [0.717, 1.165) is 73.4 Å². The second-order valence-corrected chi connectivity index (χ2v) is 34.1. The molecule has 3 aliphatic heterocycles. The van der Waals surface area contributed by atoms with E-state index in [1.165, 1.54) is 67.7 Å². The van der Waals surface area contributed by atoms with Crippen LogP contribution < -0.4 is 72.6 Å². The molecule has 0 saturated heterocycles. The van der Waals surface area contributed by atoms with Gasteiger partial charge in [-0.05, 0) is 130 Å². The average molecular weight is 1290 g/mol. The first-order valence-corrected chi connectivity index (χ1v) is 38.3. The van der Waals surface area contributed by atoms with Crippen LogP contribution in [0.15, 0.2) is 398 Å². The van der Waals surface area contributed by atoms with Crippen molar-refractivity contribution in [3.63, 3.8) is 0 Å². The Morgan fingerprint density at radius 2 is 0.526 bits per heavy atom. The van der Waals surface area contributed by atoms with Crippen LogP contribution in [0.5, 0.6) is 0 Å². The van der Waals surface area contributed by atoms with Gasteiger partial charge in [-0.2, -0.15) is 0 Å². The van der Waals surface area contributed by atoms with Crippen LogP contribution in [0.2, 0.25) is 0 Å². The highest BCUT2D eigenvalue weighted by Crippen LogP contribution is 2.55. The van der Waals surface area contributed by atoms with Crippen molar-refractivity contribution in [1.29, 1.82) is 0 Å². The molecule has 3 aliphatic rings. The van der Waals surface area contributed by atoms with Crippen molar-refractivity contribution in [3.05, 3.63) is 388 Å². The Hall–Kier alpha value is -11.5. The summed E-state index contributed by atoms with van der Waals surface area (Å²) in [7, 11) is -6.66. The Kier molecular flexibility index (Phi) is 14.6. The lowest BCUT2D eigenvalue weighted by molar-refractivity contribution is 1.16. The monoisotopic (exact) mass is 1290 g/mol. The van der Waals surface area contributed by atoms with Crippen LogP contribution in [-0.4, -0.2) is 22.9 Å². The smallest absolute Gasteiger partial charge is 0.252 e. The predicted octanol–water partition coefficient (Wildman–Crippen LogP) is 15.8. The Morgan fingerprint density at radius 3 is 0.918 bits per heavy atom. The lowest BCUT2D eigenvalue weighted by Gasteiger charge is -2.46. The van der Waals surface area contributed by atoms with E-state index < -0.39 is 16.1 Å². The Morgan fingerprint density at radius 1 is 0.227 bits per heavy atom. The van der Waals surface area contributed by atoms with E-state index in [2.05, 4.69) is 403 Å². The predicted molar refractivity (Wildman–Crippen MR) is 417 cm³/mol. The molecule has 15 aromatic rings. The highest BCUT2D eigenvalue weighted by atomic mass is 32.2. The molecule has 0 atom stereocenters. The third kappa shape index (κ3) is 9.48. The first-order chi connectivity index (χ1) is 48.2. The van der Waals surface area contributed by atoms with Gasteiger partial charge in [0.2, 0.25) is 0 Å². The third-order valence-electron chi connectivity index (χ3n) is 20.3. The SMILES string of the molecule is c1ccc(-c2cccc(-c3ccccc3)c2N2c3ccccc3B3c4ccccc4N(c4cc([Si](c5ccccc5)(c5ccccc5)c5ccccc5)cc([Si](c5ccccc5)(c5ccccc5)c5ccccc5)c4)c4cc(N5c6ccccc6Sc6ccccc65)cc2c43)cc1. The second-order valence-electron chi connectivity index (χ2n) is 25.4. The van der Waals surface area contributed by atoms with Crippen LogP contribution in [0, 0.1) is 0 Å². The van der Waals surface area contributed by atoms with Gasteiger partial charge in [0.1, 0.15) is 0 Å². The van der Waals surface area contributed by atoms with Gasteiger partial charge in [0.25, 0.3) is 6.71 Å². The highest BCUT2D eigenvalue weighted by molar-refractivity contribution is 7.99. The normalized spacial score (nSPS) is 12.8. The van der Waals surface area contributed by atoms with Gasteiger partial charge in [0, 0.05) is 49.4 Å². The van der Waals surface area contributed by atoms with Crippen molar-refractivity contribution in [2.45, 2.75) is 9.79 Å². The fourth-order valence-corrected chi connectivity index (χ4v) is 27.1. The number of fused-ring (bicyclic) bond motifs is 6. The van der Waals surface area contributed by atoms with E-state index >= 15 is 0 Å². The molecule has 0 aromatic heterocycles. The Labute approximate surface area is 574 Å². The number of hydrogen-bond acceptors (Lipinski definition) is 4. The Balaban J connectivity index is 1.03. The van der Waals surface area contributed by atoms with E-state index in [-0.39, 0.29) is 6.71 Å². The summed E-state index contributed by atoms with van der Waals surface area (Å²) in [6.45, 7) is -0.153. The van der Waals surface area contributed by atoms with Crippen LogP contribution >= 0.6 is 11.8 Å². The lowest BCUT2D eigenvalue weighted by Crippen LogP contribution is -2.78. The van der Waals surface area contributed by atoms with Gasteiger partial charge in [0.15, 0.2) is 16.1 Å². The summed E-state index contributed by atoms with van der Waals surface area (Å²) in [4.78, 5) is 10.3. The molecule has 0 N–H and O–H groups in total. The minimum atomic E-state index is -3.33. The average Bonchev–Trinajstić information content (AvgIpc) is 0.691. The molecule has 0 bridgehead atoms. The van der Waals surface area contributed by atoms with Crippen molar-refractivity contribution in [2.75, 3.05) is 14.7 Å². The molecule has 456 valence electrons. The second kappa shape index (κ2) is 24.4. The number of hydrogen-bond donors (Lipinski definition) is 0. The van der Waals surface area contributed by atoms with Crippen molar-refractivity contribution in [1.82, 2.24) is 0 Å². The van der Waals surface area contributed by atoms with E-state index in [0.29, 0.717) is 0 Å². The van der Waals surface area contributed by atoms with E-state index in [9.17, 15) is 0 Å². The van der Waals surface area contributed by atoms with Crippen LogP contribution in [-0.2, 0) is 0 Å². The molecule has 97 heavy (non-hydrogen) atoms. The van der Waals surface area contributed by atoms with Gasteiger partial charge in [-0.15, -0.1) is 0 Å². The number of nitrogens with zero attached hydrogens (tertiary/aromatic N) is 3. The molecule has 0 aliphatic carbocycles. The number of rotatable bonds is 13. The molecule has 3 heterocycles. The molecule has 0 amide bonds. The highest BCUT2D eigenvalue weighted by Gasteiger charge is 2.49. The molecule has 18 rings (SSSR count). The summed E-state index contributed by atoms with van der Waals surface area (Å²) in [6.07, 6.45) is 0. The Bertz CT molecular complexity index is 4960. The van der Waals surface area contributed by atoms with Gasteiger partial charge in [-0.1, -0.05) is 339 Å². The quantitative estimate of drug-likeness (QED) is 0.0840. The largest absolute Gasteiger partial charge is 0.311 e. The molecule has 0 unspecified atom stereocenters. The zero-order chi connectivity index (χ0) is 64.3. The fraction of sp³-hybridized carbons (Fsp3) is 0. The van der Waals surface area contributed by atoms with E-state index in [1.54, 1.807) is 0 Å². The summed E-state index contributed by atoms with van der Waals surface area (Å²) in [5, 5.41) is 10.5. The lowest BCUT2D eigenvalue weighted by atomic mass is 9.33. The topological polar surface area (TPSA) is 9.72 Å². The fourth-order valence-electron chi connectivity index (χ4n) is 16.3. The maximum absolute atomic E-state index is 3.33. The van der Waals surface area contributed by atoms with Crippen LogP contribution in [0.3, 0.4) is 0 Å². The molecule has 0 saturated carbocycles. The molecule has 7 heteroatoms. The van der Waals surface area contributed by atoms with Gasteiger partial charge < -0.3 is 14.7 Å². The molecule has 0 spiro atoms. The zero-order valence-corrected chi connectivity index (χ0v) is 56.1. The molecule has 0 radical (unpaired) electrons. The molecular weight excluding hydrogens is 1220 g/mol. The summed E-state index contributed by atoms with van der Waals surface area (Å²) < 4.78 is 0. The van der Waals surface area contributed by atoms with Crippen LogP contribution in [0.4, 0.5) is 51.2 Å². The first kappa shape index (κ1) is 58.2. The maximum atomic E-state index is 2.70. The van der Waals surface area contributed by atoms with Crippen molar-refractivity contribution in [2.24, 2.45) is 0 Å². The van der Waals surface area contributed by atoms with Gasteiger partial charge in [0.05, 0.1) is 22.7 Å². The van der Waals surface area contributed by atoms with Crippen LogP contribution in [0.25, 0.3) is 22.3 Å². The van der Waals surface area contributed by atoms with E-state index in [1.807, 2.05) is 11.8 Å². The third-order valence-corrected chi connectivity index (χ3v) is 30.9. The van der Waals surface area contributed by atoms with Gasteiger partial charge in [-0.3, -0.25) is 0 Å². The minimum absolute atomic E-state index is 0.153. The number of para-hydroxylation sites is 5. The molecular formula is C90H64BN3SSi2. The number of benzene rings is 15. The van der Waals surface area contributed by atoms with Crippen LogP contribution in [0.1, 0.15) is 0 Å². The van der Waals surface area contributed by atoms with Crippen molar-refractivity contribution in [3.8, 4) is 22.3 Å². The zero-order valence-electron chi connectivity index (χ0n) is 53.3. The summed E-state index contributed by atoms with van der Waals surface area (Å²) in [5.41, 5.74) is 18.5. The summed E-state index contributed by atoms with van der Waals surface area (Å²) >= 11 is 1.85. The molecule has 0 fully saturated rings. The molecule has 3 nitrogen and oxygen atoms in total. The van der Waals surface area contributed by atoms with Crippen molar-refractivity contribution < 1.29 is 0 Å². The number of anilines is 9. The summed E-state index contributed by atoms with van der Waals surface area (Å²) in [6, 6.07) is 148. The van der Waals surface area contributed by atoms with Crippen molar-refractivity contribution >= 4 is 144 Å². The van der Waals surface area contributed by atoms with Gasteiger partial charge in [-0.25, -0.2) is 0 Å². The standard InChI is InChI=1S/C90H64BN3SSi2/c1-9-34-65(35-10-1)77-50-33-51-78(66-36-11-2-12-37-66)90(77)94-82-55-28-26-53-80(82)91-79-52-25-27-54-81(79)92(85-62-68(63-86(94)89(85)91)93-83-56-29-31-58-87(83)95-88-59-32-30-57-84(88)93)67-60-75(96(69-38-13-3-14-39-69,70-40-15-4-16-41-70)71-42-17-5-18-43-71)64-76(61-67)97(72-44-19-6-20-45-72,73-46-21-7-22-47-73)74-48-23-8-24-49-74/h1-64H. The first-order valence-electron chi connectivity index (χ1n) is 33.5. The maximum Gasteiger partial charge on any atom is 0.252 e. The van der Waals surface area contributed by atoms with E-state index in [4.69, 9.17) is 0 Å². The molecule has 15 aromatic carbocycles.